The van der Waals surface area contributed by atoms with Gasteiger partial charge in [0, 0.05) is 12.6 Å². The van der Waals surface area contributed by atoms with Crippen molar-refractivity contribution in [3.8, 4) is 0 Å². The maximum Gasteiger partial charge on any atom is 0.250 e. The van der Waals surface area contributed by atoms with Crippen molar-refractivity contribution in [1.82, 2.24) is 4.72 Å². The third-order valence-corrected chi connectivity index (χ3v) is 6.81. The van der Waals surface area contributed by atoms with E-state index < -0.39 is 10.0 Å². The minimum atomic E-state index is -3.50. The molecule has 1 saturated carbocycles. The van der Waals surface area contributed by atoms with E-state index in [0.29, 0.717) is 16.8 Å². The Labute approximate surface area is 135 Å². The summed E-state index contributed by atoms with van der Waals surface area (Å²) in [7, 11) is -3.50. The minimum absolute atomic E-state index is 0. The first-order valence-electron chi connectivity index (χ1n) is 6.50. The van der Waals surface area contributed by atoms with Crippen molar-refractivity contribution in [1.29, 1.82) is 0 Å². The molecule has 0 saturated heterocycles. The van der Waals surface area contributed by atoms with Crippen molar-refractivity contribution in [3.63, 3.8) is 0 Å². The summed E-state index contributed by atoms with van der Waals surface area (Å²) in [4.78, 5) is 0. The molecule has 0 amide bonds. The van der Waals surface area contributed by atoms with Crippen LogP contribution in [0.3, 0.4) is 0 Å². The summed E-state index contributed by atoms with van der Waals surface area (Å²) < 4.78 is 28.0. The molecule has 0 radical (unpaired) electrons. The molecule has 116 valence electrons. The van der Waals surface area contributed by atoms with Gasteiger partial charge in [0.2, 0.25) is 10.0 Å². The van der Waals surface area contributed by atoms with E-state index in [1.54, 1.807) is 6.07 Å². The number of thiophene rings is 1. The van der Waals surface area contributed by atoms with Gasteiger partial charge < -0.3 is 5.73 Å². The molecule has 1 unspecified atom stereocenters. The van der Waals surface area contributed by atoms with Crippen LogP contribution in [0, 0.1) is 5.92 Å². The van der Waals surface area contributed by atoms with Crippen LogP contribution in [-0.2, 0) is 10.0 Å². The lowest BCUT2D eigenvalue weighted by molar-refractivity contribution is 0.294. The predicted octanol–water partition coefficient (Wildman–Crippen LogP) is 3.01. The highest BCUT2D eigenvalue weighted by Crippen LogP contribution is 2.29. The number of hydrogen-bond acceptors (Lipinski definition) is 4. The first kappa shape index (κ1) is 18.2. The second-order valence-electron chi connectivity index (χ2n) is 4.92. The molecular formula is C12H20Cl2N2O2S2. The summed E-state index contributed by atoms with van der Waals surface area (Å²) in [5.74, 6) is 0.351. The van der Waals surface area contributed by atoms with Crippen molar-refractivity contribution in [2.45, 2.75) is 42.4 Å². The first-order chi connectivity index (χ1) is 9.03. The molecular weight excluding hydrogens is 339 g/mol. The summed E-state index contributed by atoms with van der Waals surface area (Å²) in [6, 6.07) is 2.95. The van der Waals surface area contributed by atoms with Gasteiger partial charge in [-0.15, -0.1) is 23.7 Å². The van der Waals surface area contributed by atoms with Crippen LogP contribution in [0.2, 0.25) is 4.34 Å². The molecule has 0 bridgehead atoms. The van der Waals surface area contributed by atoms with Crippen molar-refractivity contribution < 1.29 is 8.42 Å². The van der Waals surface area contributed by atoms with Gasteiger partial charge in [-0.2, -0.15) is 0 Å². The SMILES string of the molecule is Cl.NCC(NS(=O)(=O)c1ccc(Cl)s1)C1CCCCC1. The van der Waals surface area contributed by atoms with Crippen LogP contribution in [-0.4, -0.2) is 21.0 Å². The summed E-state index contributed by atoms with van der Waals surface area (Å²) in [5, 5.41) is 0. The van der Waals surface area contributed by atoms with E-state index in [1.165, 1.54) is 12.5 Å². The van der Waals surface area contributed by atoms with Crippen LogP contribution < -0.4 is 10.5 Å². The Balaban J connectivity index is 0.00000200. The fraction of sp³-hybridized carbons (Fsp3) is 0.667. The van der Waals surface area contributed by atoms with E-state index in [-0.39, 0.29) is 22.7 Å². The van der Waals surface area contributed by atoms with Gasteiger partial charge in [0.05, 0.1) is 4.34 Å². The third kappa shape index (κ3) is 4.58. The number of rotatable bonds is 5. The summed E-state index contributed by atoms with van der Waals surface area (Å²) in [6.07, 6.45) is 5.66. The smallest absolute Gasteiger partial charge is 0.250 e. The number of hydrogen-bond donors (Lipinski definition) is 2. The predicted molar refractivity (Wildman–Crippen MR) is 86.3 cm³/mol. The van der Waals surface area contributed by atoms with Crippen molar-refractivity contribution in [2.24, 2.45) is 11.7 Å². The monoisotopic (exact) mass is 358 g/mol. The molecule has 0 aromatic carbocycles. The maximum atomic E-state index is 12.2. The number of nitrogens with one attached hydrogen (secondary N) is 1. The molecule has 1 aliphatic carbocycles. The van der Waals surface area contributed by atoms with E-state index >= 15 is 0 Å². The highest BCUT2D eigenvalue weighted by Gasteiger charge is 2.28. The molecule has 0 spiro atoms. The molecule has 4 nitrogen and oxygen atoms in total. The number of halogens is 2. The highest BCUT2D eigenvalue weighted by atomic mass is 35.5. The van der Waals surface area contributed by atoms with Crippen LogP contribution in [0.1, 0.15) is 32.1 Å². The van der Waals surface area contributed by atoms with E-state index in [2.05, 4.69) is 4.72 Å². The standard InChI is InChI=1S/C12H19ClN2O2S2.ClH/c13-11-6-7-12(18-11)19(16,17)15-10(8-14)9-4-2-1-3-5-9;/h6-7,9-10,15H,1-5,8,14H2;1H. The summed E-state index contributed by atoms with van der Waals surface area (Å²) >= 11 is 6.86. The van der Waals surface area contributed by atoms with Gasteiger partial charge in [-0.3, -0.25) is 0 Å². The fourth-order valence-electron chi connectivity index (χ4n) is 2.57. The Bertz CT molecular complexity index is 513. The topological polar surface area (TPSA) is 72.2 Å². The van der Waals surface area contributed by atoms with Crippen LogP contribution >= 0.6 is 35.3 Å². The third-order valence-electron chi connectivity index (χ3n) is 3.59. The molecule has 2 rings (SSSR count). The minimum Gasteiger partial charge on any atom is -0.329 e. The Morgan fingerprint density at radius 2 is 2.00 bits per heavy atom. The molecule has 3 N–H and O–H groups in total. The van der Waals surface area contributed by atoms with E-state index in [4.69, 9.17) is 17.3 Å². The molecule has 20 heavy (non-hydrogen) atoms. The molecule has 1 atom stereocenters. The van der Waals surface area contributed by atoms with E-state index in [0.717, 1.165) is 37.0 Å². The van der Waals surface area contributed by atoms with Crippen LogP contribution in [0.15, 0.2) is 16.3 Å². The lowest BCUT2D eigenvalue weighted by atomic mass is 9.84. The Hall–Kier alpha value is 0.150. The van der Waals surface area contributed by atoms with Crippen LogP contribution in [0.4, 0.5) is 0 Å². The number of nitrogens with two attached hydrogens (primary N) is 1. The Morgan fingerprint density at radius 1 is 1.35 bits per heavy atom. The van der Waals surface area contributed by atoms with Gasteiger partial charge >= 0.3 is 0 Å². The van der Waals surface area contributed by atoms with Gasteiger partial charge in [0.1, 0.15) is 4.21 Å². The maximum absolute atomic E-state index is 12.2. The molecule has 1 aliphatic rings. The number of sulfonamides is 1. The summed E-state index contributed by atoms with van der Waals surface area (Å²) in [6.45, 7) is 0.336. The van der Waals surface area contributed by atoms with Gasteiger partial charge in [-0.25, -0.2) is 13.1 Å². The lowest BCUT2D eigenvalue weighted by Crippen LogP contribution is -2.45. The zero-order valence-corrected chi connectivity index (χ0v) is 14.3. The zero-order chi connectivity index (χ0) is 13.9. The zero-order valence-electron chi connectivity index (χ0n) is 11.0. The molecule has 8 heteroatoms. The van der Waals surface area contributed by atoms with Gasteiger partial charge in [0.15, 0.2) is 0 Å². The van der Waals surface area contributed by atoms with Crippen molar-refractivity contribution in [3.05, 3.63) is 16.5 Å². The lowest BCUT2D eigenvalue weighted by Gasteiger charge is -2.29. The molecule has 0 aliphatic heterocycles. The highest BCUT2D eigenvalue weighted by molar-refractivity contribution is 7.91. The van der Waals surface area contributed by atoms with Gasteiger partial charge in [-0.1, -0.05) is 30.9 Å². The quantitative estimate of drug-likeness (QED) is 0.849. The Kier molecular flexibility index (Phi) is 7.24. The average molecular weight is 359 g/mol. The van der Waals surface area contributed by atoms with Crippen molar-refractivity contribution in [2.75, 3.05) is 6.54 Å². The fourth-order valence-corrected chi connectivity index (χ4v) is 5.39. The average Bonchev–Trinajstić information content (AvgIpc) is 2.85. The first-order valence-corrected chi connectivity index (χ1v) is 9.18. The van der Waals surface area contributed by atoms with Gasteiger partial charge in [0.25, 0.3) is 0 Å². The second-order valence-corrected chi connectivity index (χ2v) is 8.58. The van der Waals surface area contributed by atoms with Crippen LogP contribution in [0.5, 0.6) is 0 Å². The second kappa shape index (κ2) is 7.96. The summed E-state index contributed by atoms with van der Waals surface area (Å²) in [5.41, 5.74) is 5.74. The van der Waals surface area contributed by atoms with E-state index in [9.17, 15) is 8.42 Å². The van der Waals surface area contributed by atoms with Crippen molar-refractivity contribution >= 4 is 45.4 Å². The normalized spacial score (nSPS) is 18.5. The molecule has 1 fully saturated rings. The van der Waals surface area contributed by atoms with Gasteiger partial charge in [-0.05, 0) is 30.9 Å². The Morgan fingerprint density at radius 3 is 2.50 bits per heavy atom. The molecule has 1 aromatic rings. The molecule has 1 aromatic heterocycles. The molecule has 1 heterocycles. The van der Waals surface area contributed by atoms with E-state index in [1.807, 2.05) is 0 Å². The largest absolute Gasteiger partial charge is 0.329 e. The van der Waals surface area contributed by atoms with Crippen LogP contribution in [0.25, 0.3) is 0 Å².